The molecule has 0 bridgehead atoms. The van der Waals surface area contributed by atoms with Crippen molar-refractivity contribution in [2.24, 2.45) is 0 Å². The van der Waals surface area contributed by atoms with Gasteiger partial charge >= 0.3 is 6.18 Å². The van der Waals surface area contributed by atoms with Crippen LogP contribution in [0.25, 0.3) is 11.0 Å². The van der Waals surface area contributed by atoms with Crippen LogP contribution < -0.4 is 5.32 Å². The highest BCUT2D eigenvalue weighted by Crippen LogP contribution is 2.54. The Labute approximate surface area is 174 Å². The Morgan fingerprint density at radius 2 is 1.90 bits per heavy atom. The van der Waals surface area contributed by atoms with Crippen LogP contribution >= 0.6 is 0 Å². The number of hydrogen-bond donors (Lipinski definition) is 3. The van der Waals surface area contributed by atoms with Crippen LogP contribution in [0.3, 0.4) is 0 Å². The zero-order valence-corrected chi connectivity index (χ0v) is 16.5. The maximum atomic E-state index is 14.5. The van der Waals surface area contributed by atoms with E-state index < -0.39 is 52.7 Å². The molecule has 0 spiro atoms. The average molecular weight is 437 g/mol. The summed E-state index contributed by atoms with van der Waals surface area (Å²) < 4.78 is 62.8. The Bertz CT molecular complexity index is 1180. The number of phenolic OH excluding ortho intramolecular Hbond substituents is 1. The first kappa shape index (κ1) is 21.2. The number of alkyl halides is 3. The van der Waals surface area contributed by atoms with Gasteiger partial charge in [0.05, 0.1) is 12.4 Å². The molecule has 0 fully saturated rings. The van der Waals surface area contributed by atoms with Gasteiger partial charge in [-0.2, -0.15) is 13.2 Å². The van der Waals surface area contributed by atoms with Gasteiger partial charge < -0.3 is 19.9 Å². The first-order valence-electron chi connectivity index (χ1n) is 9.45. The van der Waals surface area contributed by atoms with Gasteiger partial charge in [-0.05, 0) is 47.7 Å². The molecule has 0 saturated heterocycles. The molecule has 5 nitrogen and oxygen atoms in total. The molecule has 3 N–H and O–H groups in total. The summed E-state index contributed by atoms with van der Waals surface area (Å²) in [5.41, 5.74) is -4.96. The number of benzene rings is 2. The second kappa shape index (κ2) is 6.71. The highest BCUT2D eigenvalue weighted by molar-refractivity contribution is 5.98. The van der Waals surface area contributed by atoms with Crippen LogP contribution in [0.4, 0.5) is 17.6 Å². The summed E-state index contributed by atoms with van der Waals surface area (Å²) in [4.78, 5) is 12.9. The number of hydrogen-bond acceptors (Lipinski definition) is 4. The normalized spacial score (nSPS) is 22.9. The van der Waals surface area contributed by atoms with Crippen molar-refractivity contribution in [3.05, 3.63) is 65.2 Å². The standard InChI is InChI=1S/C22H19F4NO4/c1-20(2)10-16(28)21(22(24,25)26,13-4-5-14(23)18(29)17(13)20)27-19(30)12-3-6-15-11(9-12)7-8-31-15/h3-9,16,28-29H,10H2,1-2H3,(H,27,30). The SMILES string of the molecule is CC1(C)CC(O)C(NC(=O)c2ccc3occc3c2)(C(F)(F)F)c2ccc(F)c(O)c21. The van der Waals surface area contributed by atoms with Gasteiger partial charge in [0.1, 0.15) is 5.58 Å². The Kier molecular flexibility index (Phi) is 4.59. The minimum Gasteiger partial charge on any atom is -0.505 e. The number of rotatable bonds is 2. The summed E-state index contributed by atoms with van der Waals surface area (Å²) in [7, 11) is 0. The topological polar surface area (TPSA) is 82.7 Å². The third-order valence-corrected chi connectivity index (χ3v) is 5.91. The van der Waals surface area contributed by atoms with E-state index in [0.717, 1.165) is 6.07 Å². The predicted molar refractivity (Wildman–Crippen MR) is 103 cm³/mol. The molecule has 2 unspecified atom stereocenters. The number of halogens is 4. The molecular formula is C22H19F4NO4. The molecule has 1 aliphatic rings. The van der Waals surface area contributed by atoms with Gasteiger partial charge in [0, 0.05) is 16.5 Å². The third kappa shape index (κ3) is 3.06. The second-order valence-corrected chi connectivity index (χ2v) is 8.36. The van der Waals surface area contributed by atoms with E-state index >= 15 is 0 Å². The number of carbonyl (C=O) groups is 1. The molecule has 3 aromatic rings. The molecule has 2 aromatic carbocycles. The lowest BCUT2D eigenvalue weighted by Gasteiger charge is -2.49. The number of aliphatic hydroxyl groups excluding tert-OH is 1. The van der Waals surface area contributed by atoms with E-state index in [1.54, 1.807) is 6.07 Å². The van der Waals surface area contributed by atoms with Crippen LogP contribution in [-0.2, 0) is 11.0 Å². The lowest BCUT2D eigenvalue weighted by molar-refractivity contribution is -0.231. The van der Waals surface area contributed by atoms with Crippen LogP contribution in [0.5, 0.6) is 5.75 Å². The fourth-order valence-electron chi connectivity index (χ4n) is 4.42. The Morgan fingerprint density at radius 3 is 2.58 bits per heavy atom. The number of aliphatic hydroxyl groups is 1. The minimum atomic E-state index is -5.16. The fraction of sp³-hybridized carbons (Fsp3) is 0.318. The van der Waals surface area contributed by atoms with E-state index in [9.17, 15) is 32.6 Å². The Morgan fingerprint density at radius 1 is 1.19 bits per heavy atom. The van der Waals surface area contributed by atoms with E-state index in [1.165, 1.54) is 38.3 Å². The Balaban J connectivity index is 1.90. The largest absolute Gasteiger partial charge is 0.505 e. The van der Waals surface area contributed by atoms with Crippen molar-refractivity contribution in [3.63, 3.8) is 0 Å². The number of carbonyl (C=O) groups excluding carboxylic acids is 1. The number of phenols is 1. The molecule has 0 radical (unpaired) electrons. The van der Waals surface area contributed by atoms with Gasteiger partial charge in [0.25, 0.3) is 5.91 Å². The lowest BCUT2D eigenvalue weighted by atomic mass is 9.63. The summed E-state index contributed by atoms with van der Waals surface area (Å²) in [6, 6.07) is 7.20. The minimum absolute atomic E-state index is 0.0811. The zero-order valence-electron chi connectivity index (χ0n) is 16.5. The van der Waals surface area contributed by atoms with Crippen LogP contribution in [0.2, 0.25) is 0 Å². The molecule has 4 rings (SSSR count). The molecular weight excluding hydrogens is 418 g/mol. The molecule has 31 heavy (non-hydrogen) atoms. The van der Waals surface area contributed by atoms with Gasteiger partial charge in [-0.3, -0.25) is 4.79 Å². The van der Waals surface area contributed by atoms with E-state index in [0.29, 0.717) is 17.0 Å². The lowest BCUT2D eigenvalue weighted by Crippen LogP contribution is -2.66. The molecule has 9 heteroatoms. The first-order chi connectivity index (χ1) is 14.4. The van der Waals surface area contributed by atoms with Crippen LogP contribution in [0, 0.1) is 5.82 Å². The van der Waals surface area contributed by atoms with Crippen LogP contribution in [-0.4, -0.2) is 28.4 Å². The highest BCUT2D eigenvalue weighted by atomic mass is 19.4. The summed E-state index contributed by atoms with van der Waals surface area (Å²) in [5, 5.41) is 23.4. The maximum Gasteiger partial charge on any atom is 0.418 e. The number of furan rings is 1. The van der Waals surface area contributed by atoms with Crippen molar-refractivity contribution in [2.75, 3.05) is 0 Å². The van der Waals surface area contributed by atoms with Crippen molar-refractivity contribution in [1.82, 2.24) is 5.32 Å². The number of aromatic hydroxyl groups is 1. The average Bonchev–Trinajstić information content (AvgIpc) is 3.13. The van der Waals surface area contributed by atoms with Crippen molar-refractivity contribution < 1.29 is 37.0 Å². The molecule has 2 atom stereocenters. The van der Waals surface area contributed by atoms with Crippen LogP contribution in [0.15, 0.2) is 47.1 Å². The van der Waals surface area contributed by atoms with Gasteiger partial charge in [0.15, 0.2) is 17.1 Å². The van der Waals surface area contributed by atoms with E-state index in [2.05, 4.69) is 0 Å². The predicted octanol–water partition coefficient (Wildman–Crippen LogP) is 4.51. The fourth-order valence-corrected chi connectivity index (χ4v) is 4.42. The quantitative estimate of drug-likeness (QED) is 0.516. The molecule has 1 aromatic heterocycles. The molecule has 0 aliphatic heterocycles. The zero-order chi connectivity index (χ0) is 22.8. The second-order valence-electron chi connectivity index (χ2n) is 8.36. The maximum absolute atomic E-state index is 14.5. The molecule has 164 valence electrons. The summed E-state index contributed by atoms with van der Waals surface area (Å²) >= 11 is 0. The van der Waals surface area contributed by atoms with E-state index in [4.69, 9.17) is 4.42 Å². The first-order valence-corrected chi connectivity index (χ1v) is 9.45. The Hall–Kier alpha value is -3.07. The van der Waals surface area contributed by atoms with Gasteiger partial charge in [-0.25, -0.2) is 4.39 Å². The monoisotopic (exact) mass is 437 g/mol. The van der Waals surface area contributed by atoms with Crippen molar-refractivity contribution in [1.29, 1.82) is 0 Å². The highest BCUT2D eigenvalue weighted by Gasteiger charge is 2.66. The van der Waals surface area contributed by atoms with Gasteiger partial charge in [0.2, 0.25) is 0 Å². The van der Waals surface area contributed by atoms with E-state index in [-0.39, 0.29) is 11.1 Å². The van der Waals surface area contributed by atoms with Crippen molar-refractivity contribution in [3.8, 4) is 5.75 Å². The smallest absolute Gasteiger partial charge is 0.418 e. The summed E-state index contributed by atoms with van der Waals surface area (Å²) in [6.07, 6.45) is -6.33. The molecule has 1 amide bonds. The van der Waals surface area contributed by atoms with Crippen molar-refractivity contribution >= 4 is 16.9 Å². The van der Waals surface area contributed by atoms with E-state index in [1.807, 2.05) is 5.32 Å². The van der Waals surface area contributed by atoms with Crippen LogP contribution in [0.1, 0.15) is 41.8 Å². The van der Waals surface area contributed by atoms with Gasteiger partial charge in [-0.15, -0.1) is 0 Å². The third-order valence-electron chi connectivity index (χ3n) is 5.91. The molecule has 0 saturated carbocycles. The number of fused-ring (bicyclic) bond motifs is 2. The number of nitrogens with one attached hydrogen (secondary N) is 1. The summed E-state index contributed by atoms with van der Waals surface area (Å²) in [6.45, 7) is 2.98. The van der Waals surface area contributed by atoms with Crippen molar-refractivity contribution in [2.45, 2.75) is 43.5 Å². The molecule has 1 aliphatic carbocycles. The summed E-state index contributed by atoms with van der Waals surface area (Å²) in [5.74, 6) is -3.11. The van der Waals surface area contributed by atoms with Gasteiger partial charge in [-0.1, -0.05) is 19.9 Å². The molecule has 1 heterocycles. The number of amides is 1.